The zero-order valence-electron chi connectivity index (χ0n) is 11.3. The van der Waals surface area contributed by atoms with Crippen LogP contribution >= 0.6 is 11.3 Å². The normalized spacial score (nSPS) is 26.4. The lowest BCUT2D eigenvalue weighted by Crippen LogP contribution is -2.53. The smallest absolute Gasteiger partial charge is 0.115 e. The summed E-state index contributed by atoms with van der Waals surface area (Å²) in [4.78, 5) is 8.56. The molecule has 0 radical (unpaired) electrons. The first kappa shape index (κ1) is 13.0. The van der Waals surface area contributed by atoms with Gasteiger partial charge in [-0.25, -0.2) is 4.98 Å². The predicted octanol–water partition coefficient (Wildman–Crippen LogP) is 2.29. The van der Waals surface area contributed by atoms with Crippen molar-refractivity contribution < 1.29 is 0 Å². The van der Waals surface area contributed by atoms with Crippen molar-refractivity contribution in [2.24, 2.45) is 0 Å². The van der Waals surface area contributed by atoms with Gasteiger partial charge < -0.3 is 10.2 Å². The topological polar surface area (TPSA) is 28.2 Å². The minimum atomic E-state index is 0.0887. The van der Waals surface area contributed by atoms with Crippen molar-refractivity contribution in [3.63, 3.8) is 0 Å². The van der Waals surface area contributed by atoms with Gasteiger partial charge in [0.1, 0.15) is 5.01 Å². The monoisotopic (exact) mass is 253 g/mol. The first-order chi connectivity index (χ1) is 8.07. The van der Waals surface area contributed by atoms with Gasteiger partial charge in [0.15, 0.2) is 0 Å². The first-order valence-electron chi connectivity index (χ1n) is 6.45. The maximum Gasteiger partial charge on any atom is 0.115 e. The van der Waals surface area contributed by atoms with Crippen LogP contribution in [0.1, 0.15) is 35.3 Å². The Kier molecular flexibility index (Phi) is 3.85. The second-order valence-electron chi connectivity index (χ2n) is 5.11. The van der Waals surface area contributed by atoms with Gasteiger partial charge in [-0.1, -0.05) is 6.92 Å². The van der Waals surface area contributed by atoms with Gasteiger partial charge in [-0.2, -0.15) is 0 Å². The van der Waals surface area contributed by atoms with Crippen LogP contribution < -0.4 is 5.32 Å². The highest BCUT2D eigenvalue weighted by atomic mass is 32.1. The van der Waals surface area contributed by atoms with E-state index in [0.717, 1.165) is 13.1 Å². The summed E-state index contributed by atoms with van der Waals surface area (Å²) in [5.74, 6) is 0. The molecule has 1 aromatic rings. The van der Waals surface area contributed by atoms with Gasteiger partial charge in [-0.15, -0.1) is 11.3 Å². The minimum absolute atomic E-state index is 0.0887. The molecule has 3 nitrogen and oxygen atoms in total. The lowest BCUT2D eigenvalue weighted by atomic mass is 9.89. The van der Waals surface area contributed by atoms with E-state index >= 15 is 0 Å². The molecule has 0 amide bonds. The Balaban J connectivity index is 2.32. The molecule has 1 atom stereocenters. The zero-order valence-corrected chi connectivity index (χ0v) is 12.2. The molecule has 17 heavy (non-hydrogen) atoms. The lowest BCUT2D eigenvalue weighted by molar-refractivity contribution is 0.145. The van der Waals surface area contributed by atoms with Crippen molar-refractivity contribution in [2.45, 2.75) is 39.2 Å². The highest BCUT2D eigenvalue weighted by Crippen LogP contribution is 2.34. The van der Waals surface area contributed by atoms with Gasteiger partial charge in [0.2, 0.25) is 0 Å². The molecule has 1 aromatic heterocycles. The molecule has 4 heteroatoms. The van der Waals surface area contributed by atoms with E-state index in [1.807, 2.05) is 11.3 Å². The van der Waals surface area contributed by atoms with Crippen LogP contribution in [0.25, 0.3) is 0 Å². The van der Waals surface area contributed by atoms with Crippen molar-refractivity contribution in [1.29, 1.82) is 0 Å². The average Bonchev–Trinajstić information content (AvgIpc) is 2.60. The standard InChI is InChI=1S/C13H23N3S/c1-5-14-13(7-6-8-16(4)9-13)12-15-10(2)11(3)17-12/h14H,5-9H2,1-4H3. The largest absolute Gasteiger partial charge is 0.305 e. The molecule has 0 saturated carbocycles. The van der Waals surface area contributed by atoms with Crippen molar-refractivity contribution >= 4 is 11.3 Å². The minimum Gasteiger partial charge on any atom is -0.305 e. The van der Waals surface area contributed by atoms with E-state index in [-0.39, 0.29) is 5.54 Å². The quantitative estimate of drug-likeness (QED) is 0.896. The van der Waals surface area contributed by atoms with E-state index in [4.69, 9.17) is 4.98 Å². The number of nitrogens with one attached hydrogen (secondary N) is 1. The molecule has 1 saturated heterocycles. The van der Waals surface area contributed by atoms with Gasteiger partial charge in [-0.3, -0.25) is 0 Å². The molecule has 1 unspecified atom stereocenters. The summed E-state index contributed by atoms with van der Waals surface area (Å²) < 4.78 is 0. The SMILES string of the molecule is CCNC1(c2nc(C)c(C)s2)CCCN(C)C1. The van der Waals surface area contributed by atoms with E-state index in [9.17, 15) is 0 Å². The van der Waals surface area contributed by atoms with Crippen molar-refractivity contribution in [1.82, 2.24) is 15.2 Å². The third-order valence-corrected chi connectivity index (χ3v) is 4.91. The number of rotatable bonds is 3. The van der Waals surface area contributed by atoms with Crippen molar-refractivity contribution in [3.05, 3.63) is 15.6 Å². The molecule has 1 aliphatic rings. The van der Waals surface area contributed by atoms with Gasteiger partial charge in [0.25, 0.3) is 0 Å². The Morgan fingerprint density at radius 1 is 1.47 bits per heavy atom. The maximum atomic E-state index is 4.79. The second-order valence-corrected chi connectivity index (χ2v) is 6.32. The summed E-state index contributed by atoms with van der Waals surface area (Å²) in [6.07, 6.45) is 2.46. The third-order valence-electron chi connectivity index (χ3n) is 3.64. The van der Waals surface area contributed by atoms with Gasteiger partial charge in [0.05, 0.1) is 11.2 Å². The van der Waals surface area contributed by atoms with E-state index < -0.39 is 0 Å². The molecule has 0 aromatic carbocycles. The summed E-state index contributed by atoms with van der Waals surface area (Å²) >= 11 is 1.86. The molecule has 0 spiro atoms. The highest BCUT2D eigenvalue weighted by Gasteiger charge is 2.38. The number of nitrogens with zero attached hydrogens (tertiary/aromatic N) is 2. The highest BCUT2D eigenvalue weighted by molar-refractivity contribution is 7.11. The summed E-state index contributed by atoms with van der Waals surface area (Å²) in [7, 11) is 2.21. The summed E-state index contributed by atoms with van der Waals surface area (Å²) in [5.41, 5.74) is 1.28. The summed E-state index contributed by atoms with van der Waals surface area (Å²) in [6, 6.07) is 0. The fraction of sp³-hybridized carbons (Fsp3) is 0.769. The summed E-state index contributed by atoms with van der Waals surface area (Å²) in [6.45, 7) is 9.75. The van der Waals surface area contributed by atoms with E-state index in [1.54, 1.807) is 0 Å². The molecule has 2 heterocycles. The Bertz CT molecular complexity index is 365. The van der Waals surface area contributed by atoms with Crippen LogP contribution in [0.3, 0.4) is 0 Å². The number of aromatic nitrogens is 1. The second kappa shape index (κ2) is 5.04. The Labute approximate surface area is 108 Å². The Morgan fingerprint density at radius 2 is 2.24 bits per heavy atom. The molecular formula is C13H23N3S. The predicted molar refractivity (Wildman–Crippen MR) is 73.7 cm³/mol. The maximum absolute atomic E-state index is 4.79. The van der Waals surface area contributed by atoms with Gasteiger partial charge >= 0.3 is 0 Å². The van der Waals surface area contributed by atoms with Crippen LogP contribution in [0.2, 0.25) is 0 Å². The van der Waals surface area contributed by atoms with Gasteiger partial charge in [0, 0.05) is 11.4 Å². The zero-order chi connectivity index (χ0) is 12.5. The lowest BCUT2D eigenvalue weighted by Gasteiger charge is -2.40. The molecule has 1 fully saturated rings. The number of hydrogen-bond acceptors (Lipinski definition) is 4. The van der Waals surface area contributed by atoms with E-state index in [1.165, 1.54) is 35.0 Å². The number of hydrogen-bond donors (Lipinski definition) is 1. The number of piperidine rings is 1. The van der Waals surface area contributed by atoms with Crippen molar-refractivity contribution in [2.75, 3.05) is 26.7 Å². The first-order valence-corrected chi connectivity index (χ1v) is 7.27. The Morgan fingerprint density at radius 3 is 2.76 bits per heavy atom. The fourth-order valence-corrected chi connectivity index (χ4v) is 3.78. The van der Waals surface area contributed by atoms with E-state index in [2.05, 4.69) is 38.0 Å². The number of thiazole rings is 1. The molecule has 1 aliphatic heterocycles. The number of likely N-dealkylation sites (tertiary alicyclic amines) is 1. The van der Waals surface area contributed by atoms with Crippen LogP contribution in [0.4, 0.5) is 0 Å². The molecule has 1 N–H and O–H groups in total. The third kappa shape index (κ3) is 2.54. The fourth-order valence-electron chi connectivity index (χ4n) is 2.68. The van der Waals surface area contributed by atoms with Crippen LogP contribution in [0.15, 0.2) is 0 Å². The number of likely N-dealkylation sites (N-methyl/N-ethyl adjacent to an activating group) is 2. The van der Waals surface area contributed by atoms with Crippen LogP contribution in [0.5, 0.6) is 0 Å². The number of aryl methyl sites for hydroxylation is 2. The van der Waals surface area contributed by atoms with Gasteiger partial charge in [-0.05, 0) is 46.8 Å². The molecular weight excluding hydrogens is 230 g/mol. The van der Waals surface area contributed by atoms with Crippen LogP contribution in [-0.2, 0) is 5.54 Å². The molecule has 96 valence electrons. The van der Waals surface area contributed by atoms with Crippen molar-refractivity contribution in [3.8, 4) is 0 Å². The molecule has 0 aliphatic carbocycles. The Hall–Kier alpha value is -0.450. The van der Waals surface area contributed by atoms with E-state index in [0.29, 0.717) is 0 Å². The molecule has 0 bridgehead atoms. The molecule has 2 rings (SSSR count). The average molecular weight is 253 g/mol. The summed E-state index contributed by atoms with van der Waals surface area (Å²) in [5, 5.41) is 4.97. The van der Waals surface area contributed by atoms with Crippen LogP contribution in [0, 0.1) is 13.8 Å². The van der Waals surface area contributed by atoms with Crippen LogP contribution in [-0.4, -0.2) is 36.6 Å².